The SMILES string of the molecule is CN(CCOc1ccc(F)cc1)C(=O)C1CCN(c2ccccc2[N+](=O)[O-])CC1. The maximum Gasteiger partial charge on any atom is 0.292 e. The van der Waals surface area contributed by atoms with Crippen LogP contribution in [0.1, 0.15) is 12.8 Å². The fourth-order valence-corrected chi connectivity index (χ4v) is 3.51. The number of benzene rings is 2. The molecule has 0 saturated carbocycles. The summed E-state index contributed by atoms with van der Waals surface area (Å²) in [5, 5.41) is 11.2. The van der Waals surface area contributed by atoms with Crippen LogP contribution in [0.2, 0.25) is 0 Å². The fourth-order valence-electron chi connectivity index (χ4n) is 3.51. The minimum atomic E-state index is -0.374. The maximum atomic E-state index is 12.9. The smallest absolute Gasteiger partial charge is 0.292 e. The standard InChI is InChI=1S/C21H24FN3O4/c1-23(14-15-29-18-8-6-17(22)7-9-18)21(26)16-10-12-24(13-11-16)19-4-2-3-5-20(19)25(27)28/h2-9,16H,10-15H2,1H3. The first-order valence-electron chi connectivity index (χ1n) is 9.57. The first-order valence-corrected chi connectivity index (χ1v) is 9.57. The van der Waals surface area contributed by atoms with E-state index in [1.807, 2.05) is 4.90 Å². The molecular formula is C21H24FN3O4. The number of nitro groups is 1. The van der Waals surface area contributed by atoms with Crippen LogP contribution in [0.3, 0.4) is 0 Å². The Bertz CT molecular complexity index is 851. The van der Waals surface area contributed by atoms with E-state index in [4.69, 9.17) is 4.74 Å². The molecule has 3 rings (SSSR count). The van der Waals surface area contributed by atoms with Crippen molar-refractivity contribution >= 4 is 17.3 Å². The zero-order chi connectivity index (χ0) is 20.8. The third-order valence-corrected chi connectivity index (χ3v) is 5.15. The van der Waals surface area contributed by atoms with Crippen molar-refractivity contribution in [2.45, 2.75) is 12.8 Å². The number of carbonyl (C=O) groups excluding carboxylic acids is 1. The molecule has 0 bridgehead atoms. The third-order valence-electron chi connectivity index (χ3n) is 5.15. The van der Waals surface area contributed by atoms with Crippen molar-refractivity contribution in [3.63, 3.8) is 0 Å². The van der Waals surface area contributed by atoms with Crippen LogP contribution in [-0.2, 0) is 4.79 Å². The third kappa shape index (κ3) is 5.22. The van der Waals surface area contributed by atoms with Gasteiger partial charge in [0.05, 0.1) is 11.5 Å². The lowest BCUT2D eigenvalue weighted by Gasteiger charge is -2.34. The van der Waals surface area contributed by atoms with Crippen molar-refractivity contribution in [3.8, 4) is 5.75 Å². The van der Waals surface area contributed by atoms with Crippen LogP contribution in [0, 0.1) is 21.8 Å². The van der Waals surface area contributed by atoms with Gasteiger partial charge in [0.15, 0.2) is 0 Å². The van der Waals surface area contributed by atoms with Crippen LogP contribution in [-0.4, -0.2) is 49.0 Å². The Kier molecular flexibility index (Phi) is 6.64. The number of nitrogens with zero attached hydrogens (tertiary/aromatic N) is 3. The highest BCUT2D eigenvalue weighted by Crippen LogP contribution is 2.31. The highest BCUT2D eigenvalue weighted by molar-refractivity contribution is 5.79. The molecule has 8 heteroatoms. The van der Waals surface area contributed by atoms with E-state index in [1.54, 1.807) is 42.3 Å². The van der Waals surface area contributed by atoms with Gasteiger partial charge in [0, 0.05) is 32.1 Å². The molecule has 154 valence electrons. The summed E-state index contributed by atoms with van der Waals surface area (Å²) in [6.45, 7) is 1.95. The largest absolute Gasteiger partial charge is 0.492 e. The van der Waals surface area contributed by atoms with E-state index in [2.05, 4.69) is 0 Å². The summed E-state index contributed by atoms with van der Waals surface area (Å²) >= 11 is 0. The Morgan fingerprint density at radius 1 is 1.21 bits per heavy atom. The van der Waals surface area contributed by atoms with Crippen LogP contribution >= 0.6 is 0 Å². The molecule has 2 aromatic rings. The number of nitro benzene ring substituents is 1. The lowest BCUT2D eigenvalue weighted by Crippen LogP contribution is -2.42. The Morgan fingerprint density at radius 3 is 2.52 bits per heavy atom. The fraction of sp³-hybridized carbons (Fsp3) is 0.381. The molecule has 29 heavy (non-hydrogen) atoms. The highest BCUT2D eigenvalue weighted by atomic mass is 19.1. The van der Waals surface area contributed by atoms with E-state index in [1.165, 1.54) is 18.2 Å². The molecule has 1 amide bonds. The second-order valence-electron chi connectivity index (χ2n) is 7.07. The predicted molar refractivity (Wildman–Crippen MR) is 108 cm³/mol. The molecule has 1 saturated heterocycles. The molecule has 0 radical (unpaired) electrons. The first-order chi connectivity index (χ1) is 14.0. The molecule has 1 heterocycles. The van der Waals surface area contributed by atoms with Crippen LogP contribution in [0.4, 0.5) is 15.8 Å². The number of amides is 1. The van der Waals surface area contributed by atoms with Crippen molar-refractivity contribution < 1.29 is 18.8 Å². The van der Waals surface area contributed by atoms with E-state index >= 15 is 0 Å². The Balaban J connectivity index is 1.48. The molecule has 0 spiro atoms. The first kappa shape index (κ1) is 20.6. The van der Waals surface area contributed by atoms with Gasteiger partial charge in [0.25, 0.3) is 5.69 Å². The van der Waals surface area contributed by atoms with Gasteiger partial charge in [-0.25, -0.2) is 4.39 Å². The minimum absolute atomic E-state index is 0.0508. The zero-order valence-corrected chi connectivity index (χ0v) is 16.3. The highest BCUT2D eigenvalue weighted by Gasteiger charge is 2.29. The second kappa shape index (κ2) is 9.36. The summed E-state index contributed by atoms with van der Waals surface area (Å²) in [5.41, 5.74) is 0.691. The van der Waals surface area contributed by atoms with E-state index < -0.39 is 0 Å². The second-order valence-corrected chi connectivity index (χ2v) is 7.07. The molecule has 0 atom stereocenters. The van der Waals surface area contributed by atoms with Crippen molar-refractivity contribution in [3.05, 3.63) is 64.5 Å². The predicted octanol–water partition coefficient (Wildman–Crippen LogP) is 3.49. The van der Waals surface area contributed by atoms with Crippen LogP contribution in [0.5, 0.6) is 5.75 Å². The molecule has 1 fully saturated rings. The summed E-state index contributed by atoms with van der Waals surface area (Å²) in [6.07, 6.45) is 1.29. The molecule has 0 aliphatic carbocycles. The van der Waals surface area contributed by atoms with Crippen molar-refractivity contribution in [2.75, 3.05) is 38.2 Å². The van der Waals surface area contributed by atoms with Crippen LogP contribution in [0.15, 0.2) is 48.5 Å². The van der Waals surface area contributed by atoms with E-state index in [9.17, 15) is 19.3 Å². The average Bonchev–Trinajstić information content (AvgIpc) is 2.74. The topological polar surface area (TPSA) is 75.9 Å². The number of carbonyl (C=O) groups is 1. The van der Waals surface area contributed by atoms with Crippen LogP contribution < -0.4 is 9.64 Å². The number of piperidine rings is 1. The molecule has 0 N–H and O–H groups in total. The Morgan fingerprint density at radius 2 is 1.86 bits per heavy atom. The maximum absolute atomic E-state index is 12.9. The molecule has 0 unspecified atom stereocenters. The normalized spacial score (nSPS) is 14.5. The molecule has 7 nitrogen and oxygen atoms in total. The lowest BCUT2D eigenvalue weighted by atomic mass is 9.95. The molecule has 1 aliphatic heterocycles. The van der Waals surface area contributed by atoms with Crippen molar-refractivity contribution in [2.24, 2.45) is 5.92 Å². The number of ether oxygens (including phenoxy) is 1. The summed E-state index contributed by atoms with van der Waals surface area (Å²) in [7, 11) is 1.74. The Labute approximate surface area is 168 Å². The monoisotopic (exact) mass is 401 g/mol. The summed E-state index contributed by atoms with van der Waals surface area (Å²) in [5.74, 6) is 0.182. The number of hydrogen-bond donors (Lipinski definition) is 0. The minimum Gasteiger partial charge on any atom is -0.492 e. The van der Waals surface area contributed by atoms with E-state index in [-0.39, 0.29) is 28.3 Å². The zero-order valence-electron chi connectivity index (χ0n) is 16.3. The van der Waals surface area contributed by atoms with Gasteiger partial charge in [-0.2, -0.15) is 0 Å². The molecule has 2 aromatic carbocycles. The lowest BCUT2D eigenvalue weighted by molar-refractivity contribution is -0.384. The number of para-hydroxylation sites is 2. The van der Waals surface area contributed by atoms with E-state index in [0.29, 0.717) is 50.5 Å². The summed E-state index contributed by atoms with van der Waals surface area (Å²) in [4.78, 5) is 27.2. The number of likely N-dealkylation sites (N-methyl/N-ethyl adjacent to an activating group) is 1. The van der Waals surface area contributed by atoms with Gasteiger partial charge in [-0.1, -0.05) is 12.1 Å². The Hall–Kier alpha value is -3.16. The number of anilines is 1. The van der Waals surface area contributed by atoms with Gasteiger partial charge in [-0.15, -0.1) is 0 Å². The van der Waals surface area contributed by atoms with Gasteiger partial charge in [0.2, 0.25) is 5.91 Å². The number of rotatable bonds is 7. The quantitative estimate of drug-likeness (QED) is 0.524. The van der Waals surface area contributed by atoms with Crippen LogP contribution in [0.25, 0.3) is 0 Å². The summed E-state index contributed by atoms with van der Waals surface area (Å²) in [6, 6.07) is 12.4. The summed E-state index contributed by atoms with van der Waals surface area (Å²) < 4.78 is 18.4. The van der Waals surface area contributed by atoms with Gasteiger partial charge >= 0.3 is 0 Å². The van der Waals surface area contributed by atoms with Gasteiger partial charge in [-0.3, -0.25) is 14.9 Å². The molecule has 0 aromatic heterocycles. The van der Waals surface area contributed by atoms with Crippen molar-refractivity contribution in [1.82, 2.24) is 4.90 Å². The van der Waals surface area contributed by atoms with Gasteiger partial charge in [-0.05, 0) is 43.2 Å². The van der Waals surface area contributed by atoms with Crippen molar-refractivity contribution in [1.29, 1.82) is 0 Å². The van der Waals surface area contributed by atoms with E-state index in [0.717, 1.165) is 0 Å². The van der Waals surface area contributed by atoms with Gasteiger partial charge < -0.3 is 14.5 Å². The number of halogens is 1. The molecular weight excluding hydrogens is 377 g/mol. The molecule has 1 aliphatic rings. The van der Waals surface area contributed by atoms with Gasteiger partial charge in [0.1, 0.15) is 23.9 Å². The number of hydrogen-bond acceptors (Lipinski definition) is 5. The average molecular weight is 401 g/mol.